The zero-order valence-corrected chi connectivity index (χ0v) is 11.2. The Morgan fingerprint density at radius 1 is 1.17 bits per heavy atom. The summed E-state index contributed by atoms with van der Waals surface area (Å²) in [4.78, 5) is 0. The van der Waals surface area contributed by atoms with E-state index >= 15 is 0 Å². The highest BCUT2D eigenvalue weighted by Gasteiger charge is 2.09. The maximum Gasteiger partial charge on any atom is 0.211 e. The van der Waals surface area contributed by atoms with Gasteiger partial charge in [-0.05, 0) is 24.8 Å². The molecule has 0 fully saturated rings. The minimum absolute atomic E-state index is 0.131. The third-order valence-corrected chi connectivity index (χ3v) is 3.96. The van der Waals surface area contributed by atoms with Crippen molar-refractivity contribution >= 4 is 10.0 Å². The van der Waals surface area contributed by atoms with Gasteiger partial charge in [0.2, 0.25) is 10.0 Å². The lowest BCUT2D eigenvalue weighted by Crippen LogP contribution is -2.28. The lowest BCUT2D eigenvalue weighted by Gasteiger charge is -2.06. The van der Waals surface area contributed by atoms with Crippen molar-refractivity contribution in [2.45, 2.75) is 25.7 Å². The van der Waals surface area contributed by atoms with Gasteiger partial charge in [-0.25, -0.2) is 13.1 Å². The molecule has 4 heteroatoms. The van der Waals surface area contributed by atoms with E-state index in [2.05, 4.69) is 10.6 Å². The number of hydrogen-bond donors (Lipinski definition) is 1. The minimum Gasteiger partial charge on any atom is -0.215 e. The number of rotatable bonds is 8. The van der Waals surface area contributed by atoms with Gasteiger partial charge >= 0.3 is 0 Å². The Kier molecular flexibility index (Phi) is 6.48. The molecule has 0 heterocycles. The van der Waals surface area contributed by atoms with Crippen LogP contribution >= 0.6 is 0 Å². The molecule has 1 aromatic carbocycles. The van der Waals surface area contributed by atoms with Crippen LogP contribution in [-0.2, 0) is 16.4 Å². The van der Waals surface area contributed by atoms with Crippen LogP contribution in [0.1, 0.15) is 24.8 Å². The summed E-state index contributed by atoms with van der Waals surface area (Å²) < 4.78 is 26.0. The van der Waals surface area contributed by atoms with Crippen LogP contribution in [0.2, 0.25) is 0 Å². The molecule has 18 heavy (non-hydrogen) atoms. The molecule has 0 bridgehead atoms. The highest BCUT2D eigenvalue weighted by Crippen LogP contribution is 2.01. The molecule has 0 amide bonds. The van der Waals surface area contributed by atoms with Crippen LogP contribution in [0, 0.1) is 12.3 Å². The van der Waals surface area contributed by atoms with Gasteiger partial charge in [-0.3, -0.25) is 0 Å². The first kappa shape index (κ1) is 14.7. The van der Waals surface area contributed by atoms with E-state index in [4.69, 9.17) is 6.42 Å². The molecule has 0 aliphatic rings. The molecule has 0 radical (unpaired) electrons. The molecular formula is C14H19NO2S. The van der Waals surface area contributed by atoms with Gasteiger partial charge in [0, 0.05) is 13.0 Å². The van der Waals surface area contributed by atoms with Gasteiger partial charge in [-0.2, -0.15) is 0 Å². The van der Waals surface area contributed by atoms with Crippen LogP contribution in [0.25, 0.3) is 0 Å². The zero-order chi connectivity index (χ0) is 13.3. The summed E-state index contributed by atoms with van der Waals surface area (Å²) in [5.41, 5.74) is 1.04. The number of nitrogens with one attached hydrogen (secondary N) is 1. The summed E-state index contributed by atoms with van der Waals surface area (Å²) in [6.07, 6.45) is 8.01. The van der Waals surface area contributed by atoms with Gasteiger partial charge in [-0.1, -0.05) is 30.3 Å². The Morgan fingerprint density at radius 3 is 2.56 bits per heavy atom. The monoisotopic (exact) mass is 265 g/mol. The summed E-state index contributed by atoms with van der Waals surface area (Å²) in [6, 6.07) is 9.61. The Balaban J connectivity index is 2.26. The third-order valence-electron chi connectivity index (χ3n) is 2.57. The highest BCUT2D eigenvalue weighted by atomic mass is 32.2. The molecule has 1 N–H and O–H groups in total. The second-order valence-corrected chi connectivity index (χ2v) is 6.04. The van der Waals surface area contributed by atoms with Crippen LogP contribution in [0.5, 0.6) is 0 Å². The van der Waals surface area contributed by atoms with Crippen LogP contribution in [0.3, 0.4) is 0 Å². The fourth-order valence-electron chi connectivity index (χ4n) is 1.55. The summed E-state index contributed by atoms with van der Waals surface area (Å²) in [7, 11) is -3.17. The van der Waals surface area contributed by atoms with Gasteiger partial charge in [0.1, 0.15) is 0 Å². The van der Waals surface area contributed by atoms with Gasteiger partial charge in [0.25, 0.3) is 0 Å². The molecule has 0 unspecified atom stereocenters. The van der Waals surface area contributed by atoms with E-state index in [0.29, 0.717) is 19.4 Å². The third kappa shape index (κ3) is 6.43. The normalized spacial score (nSPS) is 11.1. The Bertz CT molecular complexity index is 474. The summed E-state index contributed by atoms with van der Waals surface area (Å²) >= 11 is 0. The number of sulfonamides is 1. The molecule has 98 valence electrons. The predicted molar refractivity (Wildman–Crippen MR) is 74.6 cm³/mol. The lowest BCUT2D eigenvalue weighted by atomic mass is 10.2. The van der Waals surface area contributed by atoms with E-state index in [1.165, 1.54) is 0 Å². The lowest BCUT2D eigenvalue weighted by molar-refractivity contribution is 0.576. The largest absolute Gasteiger partial charge is 0.215 e. The van der Waals surface area contributed by atoms with Crippen molar-refractivity contribution in [2.24, 2.45) is 0 Å². The smallest absolute Gasteiger partial charge is 0.211 e. The van der Waals surface area contributed by atoms with Crippen molar-refractivity contribution in [2.75, 3.05) is 12.3 Å². The number of unbranched alkanes of at least 4 members (excludes halogenated alkanes) is 2. The SMILES string of the molecule is C#CCCCCNS(=O)(=O)CCc1ccccc1. The van der Waals surface area contributed by atoms with Gasteiger partial charge in [-0.15, -0.1) is 12.3 Å². The molecule has 0 aromatic heterocycles. The maximum absolute atomic E-state index is 11.7. The molecule has 0 atom stereocenters. The standard InChI is InChI=1S/C14H19NO2S/c1-2-3-4-8-12-15-18(16,17)13-11-14-9-6-5-7-10-14/h1,5-7,9-10,15H,3-4,8,11-13H2. The van der Waals surface area contributed by atoms with Crippen molar-refractivity contribution in [1.82, 2.24) is 4.72 Å². The molecule has 0 aliphatic carbocycles. The van der Waals surface area contributed by atoms with Gasteiger partial charge in [0.15, 0.2) is 0 Å². The van der Waals surface area contributed by atoms with E-state index in [0.717, 1.165) is 18.4 Å². The van der Waals surface area contributed by atoms with Crippen LogP contribution in [0.15, 0.2) is 30.3 Å². The first-order valence-corrected chi connectivity index (χ1v) is 7.74. The fraction of sp³-hybridized carbons (Fsp3) is 0.429. The van der Waals surface area contributed by atoms with Gasteiger partial charge < -0.3 is 0 Å². The zero-order valence-electron chi connectivity index (χ0n) is 10.4. The molecule has 0 spiro atoms. The van der Waals surface area contributed by atoms with E-state index < -0.39 is 10.0 Å². The Morgan fingerprint density at radius 2 is 1.89 bits per heavy atom. The molecular weight excluding hydrogens is 246 g/mol. The van der Waals surface area contributed by atoms with E-state index in [-0.39, 0.29) is 5.75 Å². The summed E-state index contributed by atoms with van der Waals surface area (Å²) in [6.45, 7) is 0.471. The first-order chi connectivity index (χ1) is 8.64. The quantitative estimate of drug-likeness (QED) is 0.577. The molecule has 0 saturated carbocycles. The van der Waals surface area contributed by atoms with Crippen molar-refractivity contribution in [3.05, 3.63) is 35.9 Å². The summed E-state index contributed by atoms with van der Waals surface area (Å²) in [5.74, 6) is 2.67. The number of hydrogen-bond acceptors (Lipinski definition) is 2. The van der Waals surface area contributed by atoms with Crippen LogP contribution in [-0.4, -0.2) is 20.7 Å². The second-order valence-electron chi connectivity index (χ2n) is 4.11. The molecule has 0 aliphatic heterocycles. The highest BCUT2D eigenvalue weighted by molar-refractivity contribution is 7.89. The van der Waals surface area contributed by atoms with E-state index in [1.54, 1.807) is 0 Å². The number of benzene rings is 1. The Hall–Kier alpha value is -1.31. The van der Waals surface area contributed by atoms with Crippen molar-refractivity contribution in [3.63, 3.8) is 0 Å². The van der Waals surface area contributed by atoms with E-state index in [1.807, 2.05) is 30.3 Å². The summed E-state index contributed by atoms with van der Waals surface area (Å²) in [5, 5.41) is 0. The average Bonchev–Trinajstić information content (AvgIpc) is 2.38. The van der Waals surface area contributed by atoms with Crippen molar-refractivity contribution in [3.8, 4) is 12.3 Å². The maximum atomic E-state index is 11.7. The predicted octanol–water partition coefficient (Wildman–Crippen LogP) is 1.95. The first-order valence-electron chi connectivity index (χ1n) is 6.09. The van der Waals surface area contributed by atoms with Gasteiger partial charge in [0.05, 0.1) is 5.75 Å². The second kappa shape index (κ2) is 7.91. The van der Waals surface area contributed by atoms with E-state index in [9.17, 15) is 8.42 Å². The molecule has 1 rings (SSSR count). The van der Waals surface area contributed by atoms with Crippen LogP contribution < -0.4 is 4.72 Å². The number of terminal acetylenes is 1. The minimum atomic E-state index is -3.17. The molecule has 3 nitrogen and oxygen atoms in total. The number of aryl methyl sites for hydroxylation is 1. The Labute approximate surface area is 110 Å². The molecule has 0 saturated heterocycles. The van der Waals surface area contributed by atoms with Crippen molar-refractivity contribution in [1.29, 1.82) is 0 Å². The molecule has 1 aromatic rings. The average molecular weight is 265 g/mol. The van der Waals surface area contributed by atoms with Crippen LogP contribution in [0.4, 0.5) is 0 Å². The van der Waals surface area contributed by atoms with Crippen molar-refractivity contribution < 1.29 is 8.42 Å². The fourth-order valence-corrected chi connectivity index (χ4v) is 2.65. The topological polar surface area (TPSA) is 46.2 Å².